The summed E-state index contributed by atoms with van der Waals surface area (Å²) in [6, 6.07) is 5.22. The summed E-state index contributed by atoms with van der Waals surface area (Å²) in [5, 5.41) is 9.31. The topological polar surface area (TPSA) is 70.5 Å². The fourth-order valence-corrected chi connectivity index (χ4v) is 2.51. The molecule has 2 heterocycles. The Morgan fingerprint density at radius 2 is 2.05 bits per heavy atom. The number of amides is 1. The van der Waals surface area contributed by atoms with Gasteiger partial charge in [0, 0.05) is 19.3 Å². The molecule has 0 unspecified atom stereocenters. The van der Waals surface area contributed by atoms with Crippen molar-refractivity contribution < 1.29 is 14.7 Å². The summed E-state index contributed by atoms with van der Waals surface area (Å²) < 4.78 is 0. The summed E-state index contributed by atoms with van der Waals surface area (Å²) in [4.78, 5) is 29.3. The lowest BCUT2D eigenvalue weighted by molar-refractivity contribution is -0.152. The Labute approximate surface area is 112 Å². The average molecular weight is 262 g/mol. The Balaban J connectivity index is 2.04. The van der Waals surface area contributed by atoms with E-state index in [2.05, 4.69) is 4.98 Å². The normalized spacial score (nSPS) is 18.1. The second kappa shape index (κ2) is 5.38. The van der Waals surface area contributed by atoms with Crippen molar-refractivity contribution in [2.45, 2.75) is 26.2 Å². The van der Waals surface area contributed by atoms with Gasteiger partial charge in [-0.05, 0) is 31.4 Å². The molecule has 1 N–H and O–H groups in total. The molecule has 1 aromatic heterocycles. The highest BCUT2D eigenvalue weighted by Crippen LogP contribution is 2.35. The first-order valence-electron chi connectivity index (χ1n) is 6.53. The van der Waals surface area contributed by atoms with Gasteiger partial charge in [0.1, 0.15) is 5.69 Å². The number of hydrogen-bond donors (Lipinski definition) is 1. The number of likely N-dealkylation sites (tertiary alicyclic amines) is 1. The third kappa shape index (κ3) is 2.59. The molecule has 0 radical (unpaired) electrons. The van der Waals surface area contributed by atoms with Gasteiger partial charge in [0.15, 0.2) is 0 Å². The van der Waals surface area contributed by atoms with E-state index in [1.54, 1.807) is 29.3 Å². The van der Waals surface area contributed by atoms with Gasteiger partial charge in [0.25, 0.3) is 5.91 Å². The van der Waals surface area contributed by atoms with Crippen molar-refractivity contribution in [3.63, 3.8) is 0 Å². The number of rotatable bonds is 3. The molecular formula is C14H18N2O3. The average Bonchev–Trinajstić information content (AvgIpc) is 2.47. The summed E-state index contributed by atoms with van der Waals surface area (Å²) in [6.45, 7) is 2.86. The third-order valence-electron chi connectivity index (χ3n) is 4.02. The van der Waals surface area contributed by atoms with Gasteiger partial charge >= 0.3 is 5.97 Å². The van der Waals surface area contributed by atoms with Crippen LogP contribution >= 0.6 is 0 Å². The molecular weight excluding hydrogens is 244 g/mol. The van der Waals surface area contributed by atoms with Gasteiger partial charge in [-0.1, -0.05) is 13.0 Å². The van der Waals surface area contributed by atoms with Gasteiger partial charge in [0.2, 0.25) is 0 Å². The lowest BCUT2D eigenvalue weighted by Gasteiger charge is -2.38. The van der Waals surface area contributed by atoms with E-state index in [9.17, 15) is 14.7 Å². The van der Waals surface area contributed by atoms with Crippen LogP contribution < -0.4 is 0 Å². The molecule has 1 amide bonds. The molecule has 2 rings (SSSR count). The molecule has 0 atom stereocenters. The van der Waals surface area contributed by atoms with Crippen molar-refractivity contribution in [3.8, 4) is 0 Å². The zero-order valence-electron chi connectivity index (χ0n) is 11.0. The Morgan fingerprint density at radius 3 is 2.53 bits per heavy atom. The number of carboxylic acid groups (broad SMARTS) is 1. The van der Waals surface area contributed by atoms with Gasteiger partial charge in [-0.15, -0.1) is 0 Å². The molecule has 1 fully saturated rings. The van der Waals surface area contributed by atoms with Crippen LogP contribution in [0.1, 0.15) is 36.7 Å². The molecule has 5 heteroatoms. The van der Waals surface area contributed by atoms with Crippen LogP contribution in [0, 0.1) is 5.41 Å². The molecule has 0 spiro atoms. The van der Waals surface area contributed by atoms with Crippen LogP contribution in [0.25, 0.3) is 0 Å². The monoisotopic (exact) mass is 262 g/mol. The van der Waals surface area contributed by atoms with Gasteiger partial charge in [0.05, 0.1) is 5.41 Å². The highest BCUT2D eigenvalue weighted by molar-refractivity contribution is 5.92. The maximum atomic E-state index is 12.2. The standard InChI is InChI=1S/C14H18N2O3/c1-2-14(13(18)19)6-9-16(10-7-14)12(17)11-5-3-4-8-15-11/h3-5,8H,2,6-7,9-10H2,1H3,(H,18,19). The summed E-state index contributed by atoms with van der Waals surface area (Å²) in [5.41, 5.74) is -0.247. The maximum Gasteiger partial charge on any atom is 0.309 e. The quantitative estimate of drug-likeness (QED) is 0.901. The number of carbonyl (C=O) groups excluding carboxylic acids is 1. The van der Waals surface area contributed by atoms with Crippen LogP contribution in [0.2, 0.25) is 0 Å². The summed E-state index contributed by atoms with van der Waals surface area (Å²) in [7, 11) is 0. The van der Waals surface area contributed by atoms with E-state index in [1.807, 2.05) is 6.92 Å². The second-order valence-corrected chi connectivity index (χ2v) is 4.95. The summed E-state index contributed by atoms with van der Waals surface area (Å²) in [6.07, 6.45) is 3.22. The molecule has 0 aliphatic carbocycles. The van der Waals surface area contributed by atoms with E-state index in [1.165, 1.54) is 0 Å². The van der Waals surface area contributed by atoms with E-state index in [-0.39, 0.29) is 5.91 Å². The van der Waals surface area contributed by atoms with E-state index in [0.29, 0.717) is 38.0 Å². The first-order chi connectivity index (χ1) is 9.09. The first-order valence-corrected chi connectivity index (χ1v) is 6.53. The number of aromatic nitrogens is 1. The van der Waals surface area contributed by atoms with Crippen molar-refractivity contribution in [1.29, 1.82) is 0 Å². The molecule has 1 saturated heterocycles. The minimum Gasteiger partial charge on any atom is -0.481 e. The van der Waals surface area contributed by atoms with Crippen LogP contribution in [0.3, 0.4) is 0 Å². The molecule has 0 saturated carbocycles. The van der Waals surface area contributed by atoms with E-state index in [0.717, 1.165) is 0 Å². The third-order valence-corrected chi connectivity index (χ3v) is 4.02. The number of carboxylic acids is 1. The molecule has 5 nitrogen and oxygen atoms in total. The summed E-state index contributed by atoms with van der Waals surface area (Å²) in [5.74, 6) is -0.865. The Morgan fingerprint density at radius 1 is 1.37 bits per heavy atom. The van der Waals surface area contributed by atoms with Crippen molar-refractivity contribution in [2.75, 3.05) is 13.1 Å². The highest BCUT2D eigenvalue weighted by atomic mass is 16.4. The zero-order valence-corrected chi connectivity index (χ0v) is 11.0. The maximum absolute atomic E-state index is 12.2. The zero-order chi connectivity index (χ0) is 13.9. The molecule has 0 bridgehead atoms. The SMILES string of the molecule is CCC1(C(=O)O)CCN(C(=O)c2ccccn2)CC1. The van der Waals surface area contributed by atoms with E-state index < -0.39 is 11.4 Å². The number of carbonyl (C=O) groups is 2. The predicted octanol–water partition coefficient (Wildman–Crippen LogP) is 1.80. The van der Waals surface area contributed by atoms with Crippen molar-refractivity contribution in [3.05, 3.63) is 30.1 Å². The van der Waals surface area contributed by atoms with Crippen molar-refractivity contribution in [2.24, 2.45) is 5.41 Å². The Hall–Kier alpha value is -1.91. The van der Waals surface area contributed by atoms with E-state index >= 15 is 0 Å². The number of aliphatic carboxylic acids is 1. The number of pyridine rings is 1. The van der Waals surface area contributed by atoms with Crippen LogP contribution in [-0.4, -0.2) is 40.0 Å². The fraction of sp³-hybridized carbons (Fsp3) is 0.500. The summed E-state index contributed by atoms with van der Waals surface area (Å²) >= 11 is 0. The smallest absolute Gasteiger partial charge is 0.309 e. The molecule has 1 aromatic rings. The van der Waals surface area contributed by atoms with Gasteiger partial charge in [-0.3, -0.25) is 14.6 Å². The fourth-order valence-electron chi connectivity index (χ4n) is 2.51. The van der Waals surface area contributed by atoms with Gasteiger partial charge in [-0.2, -0.15) is 0 Å². The van der Waals surface area contributed by atoms with Gasteiger partial charge < -0.3 is 10.0 Å². The lowest BCUT2D eigenvalue weighted by Crippen LogP contribution is -2.46. The predicted molar refractivity (Wildman–Crippen MR) is 69.7 cm³/mol. The Kier molecular flexibility index (Phi) is 3.83. The number of piperidine rings is 1. The molecule has 1 aliphatic heterocycles. The number of nitrogens with zero attached hydrogens (tertiary/aromatic N) is 2. The lowest BCUT2D eigenvalue weighted by atomic mass is 9.76. The second-order valence-electron chi connectivity index (χ2n) is 4.95. The largest absolute Gasteiger partial charge is 0.481 e. The van der Waals surface area contributed by atoms with Crippen LogP contribution in [-0.2, 0) is 4.79 Å². The minimum absolute atomic E-state index is 0.115. The molecule has 102 valence electrons. The van der Waals surface area contributed by atoms with Crippen LogP contribution in [0.15, 0.2) is 24.4 Å². The molecule has 0 aromatic carbocycles. The van der Waals surface area contributed by atoms with Crippen molar-refractivity contribution >= 4 is 11.9 Å². The van der Waals surface area contributed by atoms with Crippen molar-refractivity contribution in [1.82, 2.24) is 9.88 Å². The van der Waals surface area contributed by atoms with Crippen LogP contribution in [0.5, 0.6) is 0 Å². The first kappa shape index (κ1) is 13.5. The molecule has 1 aliphatic rings. The Bertz CT molecular complexity index is 465. The highest BCUT2D eigenvalue weighted by Gasteiger charge is 2.40. The van der Waals surface area contributed by atoms with Crippen LogP contribution in [0.4, 0.5) is 0 Å². The molecule has 19 heavy (non-hydrogen) atoms. The van der Waals surface area contributed by atoms with E-state index in [4.69, 9.17) is 0 Å². The van der Waals surface area contributed by atoms with Gasteiger partial charge in [-0.25, -0.2) is 0 Å². The number of hydrogen-bond acceptors (Lipinski definition) is 3. The minimum atomic E-state index is -0.750.